The smallest absolute Gasteiger partial charge is 0.287 e. The number of furan rings is 1. The van der Waals surface area contributed by atoms with Gasteiger partial charge in [0.25, 0.3) is 5.91 Å². The Morgan fingerprint density at radius 2 is 1.56 bits per heavy atom. The molecule has 4 heterocycles. The van der Waals surface area contributed by atoms with Gasteiger partial charge in [0.2, 0.25) is 0 Å². The van der Waals surface area contributed by atoms with Gasteiger partial charge in [-0.3, -0.25) is 19.6 Å². The number of aromatic nitrogens is 1. The van der Waals surface area contributed by atoms with Crippen LogP contribution in [0.1, 0.15) is 47.4 Å². The van der Waals surface area contributed by atoms with E-state index in [-0.39, 0.29) is 18.1 Å². The van der Waals surface area contributed by atoms with Crippen LogP contribution in [0.2, 0.25) is 0 Å². The van der Waals surface area contributed by atoms with Gasteiger partial charge in [0.05, 0.1) is 6.57 Å². The molecule has 2 aliphatic heterocycles. The van der Waals surface area contributed by atoms with E-state index in [2.05, 4.69) is 37.1 Å². The summed E-state index contributed by atoms with van der Waals surface area (Å²) in [6, 6.07) is 19.7. The van der Waals surface area contributed by atoms with E-state index in [4.69, 9.17) is 15.7 Å². The van der Waals surface area contributed by atoms with Crippen molar-refractivity contribution in [2.75, 3.05) is 26.2 Å². The second-order valence-corrected chi connectivity index (χ2v) is 11.1. The molecule has 0 aliphatic carbocycles. The lowest BCUT2D eigenvalue weighted by Gasteiger charge is -2.32. The monoisotopic (exact) mass is 549 g/mol. The van der Waals surface area contributed by atoms with Gasteiger partial charge in [-0.15, -0.1) is 0 Å². The number of fused-ring (bicyclic) bond motifs is 1. The minimum Gasteiger partial charge on any atom is -0.490 e. The molecule has 0 atom stereocenters. The number of benzene rings is 2. The largest absolute Gasteiger partial charge is 0.490 e. The van der Waals surface area contributed by atoms with Gasteiger partial charge in [0.1, 0.15) is 17.4 Å². The molecule has 2 saturated heterocycles. The molecule has 2 aromatic heterocycles. The van der Waals surface area contributed by atoms with Crippen LogP contribution in [0.25, 0.3) is 15.8 Å². The van der Waals surface area contributed by atoms with Gasteiger partial charge in [0.15, 0.2) is 11.4 Å². The normalized spacial score (nSPS) is 17.3. The van der Waals surface area contributed by atoms with Crippen molar-refractivity contribution in [1.82, 2.24) is 20.1 Å². The molecule has 210 valence electrons. The van der Waals surface area contributed by atoms with E-state index in [1.807, 2.05) is 60.9 Å². The molecule has 8 nitrogen and oxygen atoms in total. The zero-order chi connectivity index (χ0) is 28.0. The average Bonchev–Trinajstić information content (AvgIpc) is 3.44. The number of ether oxygens (including phenoxy) is 1. The van der Waals surface area contributed by atoms with Crippen LogP contribution in [0.4, 0.5) is 5.69 Å². The molecule has 0 radical (unpaired) electrons. The fourth-order valence-electron chi connectivity index (χ4n) is 5.76. The highest BCUT2D eigenvalue weighted by Crippen LogP contribution is 2.27. The number of likely N-dealkylation sites (tertiary alicyclic amines) is 2. The molecule has 0 bridgehead atoms. The third-order valence-corrected chi connectivity index (χ3v) is 8.10. The molecule has 2 aliphatic rings. The van der Waals surface area contributed by atoms with Crippen LogP contribution in [-0.2, 0) is 13.1 Å². The average molecular weight is 550 g/mol. The molecule has 6 rings (SSSR count). The number of amides is 1. The van der Waals surface area contributed by atoms with Crippen LogP contribution >= 0.6 is 0 Å². The van der Waals surface area contributed by atoms with Gasteiger partial charge in [0, 0.05) is 63.1 Å². The number of nitrogens with one attached hydrogen (secondary N) is 1. The van der Waals surface area contributed by atoms with Crippen LogP contribution in [0.15, 0.2) is 77.5 Å². The number of carbonyl (C=O) groups is 1. The molecule has 4 aromatic rings. The van der Waals surface area contributed by atoms with E-state index in [1.54, 1.807) is 0 Å². The highest BCUT2D eigenvalue weighted by atomic mass is 16.5. The fraction of sp³-hybridized carbons (Fsp3) is 0.364. The van der Waals surface area contributed by atoms with Crippen molar-refractivity contribution in [2.45, 2.75) is 50.9 Å². The van der Waals surface area contributed by atoms with E-state index in [0.717, 1.165) is 76.1 Å². The summed E-state index contributed by atoms with van der Waals surface area (Å²) in [5.41, 5.74) is 3.86. The molecule has 0 unspecified atom stereocenters. The number of nitrogens with zero attached hydrogens (tertiary/aromatic N) is 4. The fourth-order valence-corrected chi connectivity index (χ4v) is 5.76. The Balaban J connectivity index is 0.974. The van der Waals surface area contributed by atoms with Crippen LogP contribution in [0.3, 0.4) is 0 Å². The van der Waals surface area contributed by atoms with E-state index in [0.29, 0.717) is 17.0 Å². The number of piperidine rings is 2. The first-order valence-corrected chi connectivity index (χ1v) is 14.4. The molecule has 0 spiro atoms. The Hall–Kier alpha value is -4.19. The highest BCUT2D eigenvalue weighted by molar-refractivity contribution is 5.96. The number of hydrogen-bond acceptors (Lipinski definition) is 6. The summed E-state index contributed by atoms with van der Waals surface area (Å²) in [6.45, 7) is 12.7. The molecule has 1 amide bonds. The summed E-state index contributed by atoms with van der Waals surface area (Å²) in [6.07, 6.45) is 7.57. The predicted octanol–water partition coefficient (Wildman–Crippen LogP) is 5.82. The Morgan fingerprint density at radius 1 is 0.902 bits per heavy atom. The Labute approximate surface area is 240 Å². The van der Waals surface area contributed by atoms with E-state index < -0.39 is 0 Å². The van der Waals surface area contributed by atoms with Crippen LogP contribution in [0, 0.1) is 6.57 Å². The molecular weight excluding hydrogens is 514 g/mol. The number of hydrogen-bond donors (Lipinski definition) is 1. The molecule has 2 aromatic carbocycles. The van der Waals surface area contributed by atoms with E-state index in [1.165, 1.54) is 11.1 Å². The van der Waals surface area contributed by atoms with Crippen molar-refractivity contribution in [3.63, 3.8) is 0 Å². The van der Waals surface area contributed by atoms with Crippen molar-refractivity contribution in [3.8, 4) is 5.75 Å². The van der Waals surface area contributed by atoms with Gasteiger partial charge in [-0.05, 0) is 73.2 Å². The minimum absolute atomic E-state index is 0.146. The lowest BCUT2D eigenvalue weighted by atomic mass is 10.0. The molecular formula is C33H35N5O3. The van der Waals surface area contributed by atoms with Gasteiger partial charge in [-0.25, -0.2) is 4.85 Å². The Kier molecular flexibility index (Phi) is 8.26. The summed E-state index contributed by atoms with van der Waals surface area (Å²) >= 11 is 0. The maximum atomic E-state index is 13.0. The summed E-state index contributed by atoms with van der Waals surface area (Å²) in [5, 5.41) is 4.04. The van der Waals surface area contributed by atoms with E-state index >= 15 is 0 Å². The number of pyridine rings is 1. The van der Waals surface area contributed by atoms with Crippen molar-refractivity contribution in [3.05, 3.63) is 101 Å². The molecule has 2 fully saturated rings. The second-order valence-electron chi connectivity index (χ2n) is 11.1. The second kappa shape index (κ2) is 12.5. The van der Waals surface area contributed by atoms with Crippen molar-refractivity contribution in [1.29, 1.82) is 0 Å². The molecule has 8 heteroatoms. The van der Waals surface area contributed by atoms with Gasteiger partial charge >= 0.3 is 0 Å². The van der Waals surface area contributed by atoms with Crippen molar-refractivity contribution < 1.29 is 13.9 Å². The summed E-state index contributed by atoms with van der Waals surface area (Å²) in [7, 11) is 0. The Morgan fingerprint density at radius 3 is 2.24 bits per heavy atom. The lowest BCUT2D eigenvalue weighted by Crippen LogP contribution is -2.44. The predicted molar refractivity (Wildman–Crippen MR) is 158 cm³/mol. The summed E-state index contributed by atoms with van der Waals surface area (Å²) in [5.74, 6) is 0.987. The van der Waals surface area contributed by atoms with Gasteiger partial charge < -0.3 is 14.5 Å². The topological polar surface area (TPSA) is 75.2 Å². The molecule has 1 N–H and O–H groups in total. The summed E-state index contributed by atoms with van der Waals surface area (Å²) < 4.78 is 12.2. The maximum Gasteiger partial charge on any atom is 0.287 e. The van der Waals surface area contributed by atoms with Gasteiger partial charge in [-0.1, -0.05) is 24.3 Å². The van der Waals surface area contributed by atoms with E-state index in [9.17, 15) is 4.79 Å². The van der Waals surface area contributed by atoms with Gasteiger partial charge in [-0.2, -0.15) is 0 Å². The summed E-state index contributed by atoms with van der Waals surface area (Å²) in [4.78, 5) is 25.4. The minimum atomic E-state index is -0.160. The third kappa shape index (κ3) is 6.94. The van der Waals surface area contributed by atoms with Crippen LogP contribution < -0.4 is 10.1 Å². The first-order valence-electron chi connectivity index (χ1n) is 14.4. The lowest BCUT2D eigenvalue weighted by molar-refractivity contribution is 0.0883. The maximum absolute atomic E-state index is 13.0. The van der Waals surface area contributed by atoms with Crippen LogP contribution in [-0.4, -0.2) is 59.0 Å². The van der Waals surface area contributed by atoms with Crippen molar-refractivity contribution in [2.24, 2.45) is 0 Å². The standard InChI is InChI=1S/C33H35N5O3/c1-34-27-4-2-24(3-5-27)22-38-18-12-29(13-19-38)40-30-6-7-31-26(20-30)21-32(41-31)33(39)36-28-10-16-37(17-11-28)23-25-8-14-35-15-9-25/h2-9,14-15,20-21,28-29H,10-13,16-19,22-23H2,(H,36,39). The first-order chi connectivity index (χ1) is 20.1. The zero-order valence-corrected chi connectivity index (χ0v) is 23.2. The number of rotatable bonds is 8. The van der Waals surface area contributed by atoms with Crippen molar-refractivity contribution >= 4 is 22.6 Å². The Bertz CT molecular complexity index is 1500. The number of carbonyl (C=O) groups excluding carboxylic acids is 1. The zero-order valence-electron chi connectivity index (χ0n) is 23.2. The first kappa shape index (κ1) is 27.0. The highest BCUT2D eigenvalue weighted by Gasteiger charge is 2.24. The molecule has 0 saturated carbocycles. The van der Waals surface area contributed by atoms with Crippen LogP contribution in [0.5, 0.6) is 5.75 Å². The SMILES string of the molecule is [C-]#[N+]c1ccc(CN2CCC(Oc3ccc4oc(C(=O)NC5CCN(Cc6ccncc6)CC5)cc4c3)CC2)cc1. The third-order valence-electron chi connectivity index (χ3n) is 8.10. The quantitative estimate of drug-likeness (QED) is 0.279. The molecule has 41 heavy (non-hydrogen) atoms.